The van der Waals surface area contributed by atoms with Crippen LogP contribution in [0.3, 0.4) is 0 Å². The second-order valence-electron chi connectivity index (χ2n) is 6.57. The first-order valence-electron chi connectivity index (χ1n) is 9.61. The van der Waals surface area contributed by atoms with Crippen molar-refractivity contribution in [2.75, 3.05) is 18.5 Å². The van der Waals surface area contributed by atoms with Crippen LogP contribution in [0.5, 0.6) is 11.5 Å². The molecule has 2 nitrogen and oxygen atoms in total. The van der Waals surface area contributed by atoms with Gasteiger partial charge in [0, 0.05) is 16.1 Å². The molecule has 0 saturated carbocycles. The van der Waals surface area contributed by atoms with E-state index in [0.717, 1.165) is 59.2 Å². The Hall–Kier alpha value is -1.22. The first-order chi connectivity index (χ1) is 12.3. The molecular weight excluding hydrogens is 376 g/mol. The molecule has 0 aliphatic heterocycles. The highest BCUT2D eigenvalue weighted by molar-refractivity contribution is 9.09. The van der Waals surface area contributed by atoms with Crippen LogP contribution >= 0.6 is 15.9 Å². The lowest BCUT2D eigenvalue weighted by Gasteiger charge is -2.16. The summed E-state index contributed by atoms with van der Waals surface area (Å²) in [6, 6.07) is 10.5. The number of hydrogen-bond acceptors (Lipinski definition) is 2. The molecule has 0 radical (unpaired) electrons. The molecule has 0 atom stereocenters. The van der Waals surface area contributed by atoms with Gasteiger partial charge >= 0.3 is 0 Å². The zero-order valence-electron chi connectivity index (χ0n) is 15.7. The number of aryl methyl sites for hydroxylation is 1. The number of halogens is 1. The van der Waals surface area contributed by atoms with Crippen LogP contribution in [0, 0.1) is 6.92 Å². The Kier molecular flexibility index (Phi) is 9.17. The van der Waals surface area contributed by atoms with E-state index < -0.39 is 0 Å². The highest BCUT2D eigenvalue weighted by Crippen LogP contribution is 2.36. The van der Waals surface area contributed by atoms with Gasteiger partial charge in [-0.1, -0.05) is 66.4 Å². The third-order valence-corrected chi connectivity index (χ3v) is 4.98. The molecule has 2 rings (SSSR count). The summed E-state index contributed by atoms with van der Waals surface area (Å²) >= 11 is 3.48. The fourth-order valence-electron chi connectivity index (χ4n) is 3.02. The summed E-state index contributed by atoms with van der Waals surface area (Å²) in [5, 5.41) is 3.38. The lowest BCUT2D eigenvalue weighted by Crippen LogP contribution is -2.02. The zero-order chi connectivity index (χ0) is 17.9. The lowest BCUT2D eigenvalue weighted by molar-refractivity contribution is 0.301. The number of unbranched alkanes of at least 4 members (excludes halogenated alkanes) is 5. The van der Waals surface area contributed by atoms with E-state index in [-0.39, 0.29) is 0 Å². The summed E-state index contributed by atoms with van der Waals surface area (Å²) in [6.07, 6.45) is 8.38. The normalized spacial score (nSPS) is 11.0. The molecule has 0 saturated heterocycles. The fraction of sp³-hybridized carbons (Fsp3) is 0.545. The number of rotatable bonds is 12. The van der Waals surface area contributed by atoms with Crippen LogP contribution in [0.15, 0.2) is 30.3 Å². The van der Waals surface area contributed by atoms with E-state index in [4.69, 9.17) is 9.47 Å². The van der Waals surface area contributed by atoms with Crippen LogP contribution in [0.1, 0.15) is 57.4 Å². The Morgan fingerprint density at radius 1 is 0.840 bits per heavy atom. The van der Waals surface area contributed by atoms with E-state index in [1.54, 1.807) is 0 Å². The van der Waals surface area contributed by atoms with Crippen LogP contribution in [0.4, 0.5) is 0 Å². The maximum Gasteiger partial charge on any atom is 0.130 e. The molecule has 3 heteroatoms. The van der Waals surface area contributed by atoms with Gasteiger partial charge in [0.2, 0.25) is 0 Å². The summed E-state index contributed by atoms with van der Waals surface area (Å²) in [5.41, 5.74) is 1.16. The third-order valence-electron chi connectivity index (χ3n) is 4.42. The minimum Gasteiger partial charge on any atom is -0.493 e. The van der Waals surface area contributed by atoms with Crippen LogP contribution in [0.25, 0.3) is 10.8 Å². The summed E-state index contributed by atoms with van der Waals surface area (Å²) in [4.78, 5) is 0. The van der Waals surface area contributed by atoms with Crippen molar-refractivity contribution in [1.82, 2.24) is 0 Å². The summed E-state index contributed by atoms with van der Waals surface area (Å²) in [5.74, 6) is 1.99. The van der Waals surface area contributed by atoms with E-state index >= 15 is 0 Å². The van der Waals surface area contributed by atoms with Gasteiger partial charge in [0.25, 0.3) is 0 Å². The topological polar surface area (TPSA) is 18.5 Å². The SMILES string of the molecule is CCCCCCOc1c(C)cc(OCCCCCBr)c2ccccc12. The average Bonchev–Trinajstić information content (AvgIpc) is 2.63. The van der Waals surface area contributed by atoms with Crippen LogP contribution in [-0.4, -0.2) is 18.5 Å². The van der Waals surface area contributed by atoms with Gasteiger partial charge < -0.3 is 9.47 Å². The number of fused-ring (bicyclic) bond motifs is 1. The second-order valence-corrected chi connectivity index (χ2v) is 7.37. The summed E-state index contributed by atoms with van der Waals surface area (Å²) in [7, 11) is 0. The van der Waals surface area contributed by atoms with Gasteiger partial charge in [-0.2, -0.15) is 0 Å². The first-order valence-corrected chi connectivity index (χ1v) is 10.7. The van der Waals surface area contributed by atoms with Crippen molar-refractivity contribution in [3.8, 4) is 11.5 Å². The molecule has 0 aliphatic carbocycles. The molecule has 0 spiro atoms. The second kappa shape index (κ2) is 11.4. The summed E-state index contributed by atoms with van der Waals surface area (Å²) < 4.78 is 12.2. The highest BCUT2D eigenvalue weighted by Gasteiger charge is 2.11. The van der Waals surface area contributed by atoms with Gasteiger partial charge in [0.1, 0.15) is 11.5 Å². The predicted octanol–water partition coefficient (Wildman–Crippen LogP) is 7.05. The number of alkyl halides is 1. The van der Waals surface area contributed by atoms with E-state index in [9.17, 15) is 0 Å². The molecule has 138 valence electrons. The standard InChI is InChI=1S/C22H31BrO2/c1-3-4-5-10-16-25-22-18(2)17-21(24-15-11-6-9-14-23)19-12-7-8-13-20(19)22/h7-8,12-13,17H,3-6,9-11,14-16H2,1-2H3. The van der Waals surface area contributed by atoms with E-state index in [2.05, 4.69) is 60.1 Å². The van der Waals surface area contributed by atoms with Crippen molar-refractivity contribution in [2.24, 2.45) is 0 Å². The molecule has 0 bridgehead atoms. The van der Waals surface area contributed by atoms with Gasteiger partial charge in [-0.25, -0.2) is 0 Å². The Morgan fingerprint density at radius 2 is 1.52 bits per heavy atom. The minimum atomic E-state index is 0.771. The van der Waals surface area contributed by atoms with Crippen molar-refractivity contribution in [1.29, 1.82) is 0 Å². The molecule has 0 amide bonds. The van der Waals surface area contributed by atoms with Gasteiger partial charge in [-0.05, 0) is 44.2 Å². The van der Waals surface area contributed by atoms with Crippen molar-refractivity contribution < 1.29 is 9.47 Å². The third kappa shape index (κ3) is 6.22. The Bertz CT molecular complexity index is 639. The molecule has 0 unspecified atom stereocenters. The molecule has 0 aliphatic rings. The fourth-order valence-corrected chi connectivity index (χ4v) is 3.41. The van der Waals surface area contributed by atoms with Gasteiger partial charge in [-0.3, -0.25) is 0 Å². The maximum absolute atomic E-state index is 6.15. The minimum absolute atomic E-state index is 0.771. The van der Waals surface area contributed by atoms with Gasteiger partial charge in [0.15, 0.2) is 0 Å². The molecule has 2 aromatic rings. The molecule has 25 heavy (non-hydrogen) atoms. The molecule has 0 N–H and O–H groups in total. The Labute approximate surface area is 161 Å². The highest BCUT2D eigenvalue weighted by atomic mass is 79.9. The number of ether oxygens (including phenoxy) is 2. The summed E-state index contributed by atoms with van der Waals surface area (Å²) in [6.45, 7) is 5.91. The van der Waals surface area contributed by atoms with E-state index in [1.807, 2.05) is 0 Å². The molecule has 0 heterocycles. The van der Waals surface area contributed by atoms with Crippen molar-refractivity contribution in [2.45, 2.75) is 58.8 Å². The zero-order valence-corrected chi connectivity index (χ0v) is 17.2. The van der Waals surface area contributed by atoms with Crippen LogP contribution in [0.2, 0.25) is 0 Å². The van der Waals surface area contributed by atoms with Crippen LogP contribution in [-0.2, 0) is 0 Å². The largest absolute Gasteiger partial charge is 0.493 e. The van der Waals surface area contributed by atoms with Crippen molar-refractivity contribution >= 4 is 26.7 Å². The predicted molar refractivity (Wildman–Crippen MR) is 111 cm³/mol. The quantitative estimate of drug-likeness (QED) is 0.277. The van der Waals surface area contributed by atoms with E-state index in [0.29, 0.717) is 0 Å². The monoisotopic (exact) mass is 406 g/mol. The van der Waals surface area contributed by atoms with Crippen LogP contribution < -0.4 is 9.47 Å². The molecule has 0 fully saturated rings. The lowest BCUT2D eigenvalue weighted by atomic mass is 10.0. The number of benzene rings is 2. The van der Waals surface area contributed by atoms with Crippen molar-refractivity contribution in [3.05, 3.63) is 35.9 Å². The Morgan fingerprint density at radius 3 is 2.24 bits per heavy atom. The molecule has 2 aromatic carbocycles. The Balaban J connectivity index is 2.07. The van der Waals surface area contributed by atoms with Gasteiger partial charge in [0.05, 0.1) is 13.2 Å². The first kappa shape index (κ1) is 20.1. The van der Waals surface area contributed by atoms with E-state index in [1.165, 1.54) is 32.1 Å². The molecule has 0 aromatic heterocycles. The van der Waals surface area contributed by atoms with Gasteiger partial charge in [-0.15, -0.1) is 0 Å². The number of hydrogen-bond donors (Lipinski definition) is 0. The van der Waals surface area contributed by atoms with Crippen molar-refractivity contribution in [3.63, 3.8) is 0 Å². The average molecular weight is 407 g/mol. The maximum atomic E-state index is 6.15. The molecular formula is C22H31BrO2. The smallest absolute Gasteiger partial charge is 0.130 e.